The predicted molar refractivity (Wildman–Crippen MR) is 79.1 cm³/mol. The molecule has 1 aromatic carbocycles. The third-order valence-corrected chi connectivity index (χ3v) is 3.63. The van der Waals surface area contributed by atoms with Crippen LogP contribution in [0.15, 0.2) is 22.7 Å². The molecule has 2 rings (SSSR count). The fourth-order valence-corrected chi connectivity index (χ4v) is 2.25. The molecule has 0 aliphatic rings. The molecule has 0 aliphatic carbocycles. The van der Waals surface area contributed by atoms with Crippen LogP contribution in [-0.2, 0) is 0 Å². The molecule has 106 valence electrons. The fraction of sp³-hybridized carbons (Fsp3) is 0.0833. The van der Waals surface area contributed by atoms with Crippen molar-refractivity contribution in [3.63, 3.8) is 0 Å². The lowest BCUT2D eigenvalue weighted by atomic mass is 10.2. The van der Waals surface area contributed by atoms with E-state index in [0.717, 1.165) is 5.56 Å². The second-order valence-corrected chi connectivity index (χ2v) is 5.26. The molecule has 0 atom stereocenters. The Morgan fingerprint density at radius 1 is 1.20 bits per heavy atom. The molecule has 1 heterocycles. The smallest absolute Gasteiger partial charge is 0.178 e. The molecular weight excluding hydrogens is 354 g/mol. The van der Waals surface area contributed by atoms with E-state index in [2.05, 4.69) is 31.7 Å². The van der Waals surface area contributed by atoms with Gasteiger partial charge in [-0.3, -0.25) is 0 Å². The molecule has 8 heteroatoms. The molecule has 20 heavy (non-hydrogen) atoms. The number of benzene rings is 1. The molecule has 0 saturated carbocycles. The molecule has 2 aromatic rings. The third kappa shape index (κ3) is 3.00. The van der Waals surface area contributed by atoms with Crippen molar-refractivity contribution >= 4 is 44.9 Å². The number of nitrogen functional groups attached to an aromatic ring is 1. The number of hydrazine groups is 1. The van der Waals surface area contributed by atoms with Gasteiger partial charge in [0.2, 0.25) is 0 Å². The van der Waals surface area contributed by atoms with E-state index in [0.29, 0.717) is 21.2 Å². The molecule has 0 radical (unpaired) electrons. The maximum atomic E-state index is 13.7. The number of pyridine rings is 1. The number of nitrogens with zero attached hydrogens (tertiary/aromatic N) is 1. The molecule has 0 saturated heterocycles. The van der Waals surface area contributed by atoms with Gasteiger partial charge in [0, 0.05) is 15.6 Å². The van der Waals surface area contributed by atoms with Crippen molar-refractivity contribution in [2.24, 2.45) is 5.84 Å². The van der Waals surface area contributed by atoms with Crippen LogP contribution in [0.5, 0.6) is 0 Å². The lowest BCUT2D eigenvalue weighted by molar-refractivity contribution is 0.579. The van der Waals surface area contributed by atoms with Gasteiger partial charge in [0.1, 0.15) is 0 Å². The summed E-state index contributed by atoms with van der Waals surface area (Å²) in [4.78, 5) is 3.72. The van der Waals surface area contributed by atoms with E-state index in [1.54, 1.807) is 12.1 Å². The van der Waals surface area contributed by atoms with Crippen LogP contribution in [0.2, 0.25) is 5.02 Å². The minimum atomic E-state index is -0.878. The van der Waals surface area contributed by atoms with Crippen molar-refractivity contribution < 1.29 is 8.78 Å². The van der Waals surface area contributed by atoms with Gasteiger partial charge < -0.3 is 10.7 Å². The van der Waals surface area contributed by atoms with Gasteiger partial charge in [-0.15, -0.1) is 0 Å². The Balaban J connectivity index is 2.42. The van der Waals surface area contributed by atoms with E-state index in [-0.39, 0.29) is 11.6 Å². The maximum Gasteiger partial charge on any atom is 0.178 e. The monoisotopic (exact) mass is 362 g/mol. The zero-order valence-corrected chi connectivity index (χ0v) is 12.6. The van der Waals surface area contributed by atoms with Crippen molar-refractivity contribution in [1.29, 1.82) is 0 Å². The summed E-state index contributed by atoms with van der Waals surface area (Å²) in [5.74, 6) is 2.96. The van der Waals surface area contributed by atoms with Crippen LogP contribution in [0.3, 0.4) is 0 Å². The number of anilines is 3. The van der Waals surface area contributed by atoms with Crippen molar-refractivity contribution in [2.75, 3.05) is 10.7 Å². The van der Waals surface area contributed by atoms with E-state index in [4.69, 9.17) is 17.4 Å². The number of rotatable bonds is 3. The van der Waals surface area contributed by atoms with E-state index >= 15 is 0 Å². The van der Waals surface area contributed by atoms with Gasteiger partial charge in [-0.1, -0.05) is 11.6 Å². The lowest BCUT2D eigenvalue weighted by Gasteiger charge is -2.12. The number of hydrogen-bond acceptors (Lipinski definition) is 4. The van der Waals surface area contributed by atoms with Crippen LogP contribution in [0, 0.1) is 18.6 Å². The van der Waals surface area contributed by atoms with Crippen LogP contribution >= 0.6 is 27.5 Å². The van der Waals surface area contributed by atoms with Gasteiger partial charge in [-0.05, 0) is 40.5 Å². The van der Waals surface area contributed by atoms with Crippen molar-refractivity contribution in [1.82, 2.24) is 4.98 Å². The Morgan fingerprint density at radius 3 is 2.50 bits per heavy atom. The summed E-state index contributed by atoms with van der Waals surface area (Å²) < 4.78 is 27.6. The minimum Gasteiger partial charge on any atom is -0.337 e. The fourth-order valence-electron chi connectivity index (χ4n) is 1.53. The van der Waals surface area contributed by atoms with Crippen LogP contribution < -0.4 is 16.6 Å². The highest BCUT2D eigenvalue weighted by Gasteiger charge is 2.13. The van der Waals surface area contributed by atoms with E-state index < -0.39 is 11.6 Å². The highest BCUT2D eigenvalue weighted by molar-refractivity contribution is 9.10. The molecule has 0 aliphatic heterocycles. The van der Waals surface area contributed by atoms with Gasteiger partial charge in [0.15, 0.2) is 23.3 Å². The zero-order chi connectivity index (χ0) is 14.9. The second-order valence-electron chi connectivity index (χ2n) is 4.00. The quantitative estimate of drug-likeness (QED) is 0.567. The van der Waals surface area contributed by atoms with Crippen molar-refractivity contribution in [3.05, 3.63) is 44.9 Å². The minimum absolute atomic E-state index is 0.167. The molecule has 4 nitrogen and oxygen atoms in total. The lowest BCUT2D eigenvalue weighted by Crippen LogP contribution is -2.12. The Kier molecular flexibility index (Phi) is 4.42. The number of nitrogens with two attached hydrogens (primary N) is 1. The van der Waals surface area contributed by atoms with Crippen LogP contribution in [-0.4, -0.2) is 4.98 Å². The highest BCUT2D eigenvalue weighted by Crippen LogP contribution is 2.32. The van der Waals surface area contributed by atoms with E-state index in [1.165, 1.54) is 0 Å². The van der Waals surface area contributed by atoms with Gasteiger partial charge in [0.25, 0.3) is 0 Å². The first kappa shape index (κ1) is 15.0. The molecule has 0 fully saturated rings. The summed E-state index contributed by atoms with van der Waals surface area (Å²) in [5.41, 5.74) is 3.42. The summed E-state index contributed by atoms with van der Waals surface area (Å²) in [6.07, 6.45) is 0. The first-order valence-corrected chi connectivity index (χ1v) is 6.64. The Hall–Kier alpha value is -1.44. The maximum absolute atomic E-state index is 13.7. The summed E-state index contributed by atoms with van der Waals surface area (Å²) in [6, 6.07) is 4.07. The van der Waals surface area contributed by atoms with Crippen molar-refractivity contribution in [3.8, 4) is 0 Å². The first-order valence-electron chi connectivity index (χ1n) is 5.47. The van der Waals surface area contributed by atoms with E-state index in [9.17, 15) is 8.78 Å². The Labute approximate surface area is 127 Å². The summed E-state index contributed by atoms with van der Waals surface area (Å²) in [7, 11) is 0. The number of halogens is 4. The van der Waals surface area contributed by atoms with Crippen molar-refractivity contribution in [2.45, 2.75) is 6.92 Å². The molecule has 4 N–H and O–H groups in total. The number of hydrogen-bond donors (Lipinski definition) is 3. The Bertz CT molecular complexity index is 666. The molecule has 0 amide bonds. The normalized spacial score (nSPS) is 10.5. The summed E-state index contributed by atoms with van der Waals surface area (Å²) >= 11 is 9.34. The molecule has 0 spiro atoms. The molecule has 1 aromatic heterocycles. The average molecular weight is 364 g/mol. The number of aromatic nitrogens is 1. The first-order chi connectivity index (χ1) is 9.42. The predicted octanol–water partition coefficient (Wildman–Crippen LogP) is 4.11. The van der Waals surface area contributed by atoms with Crippen LogP contribution in [0.25, 0.3) is 0 Å². The largest absolute Gasteiger partial charge is 0.337 e. The summed E-state index contributed by atoms with van der Waals surface area (Å²) in [5, 5.41) is 3.24. The summed E-state index contributed by atoms with van der Waals surface area (Å²) in [6.45, 7) is 1.84. The van der Waals surface area contributed by atoms with Gasteiger partial charge >= 0.3 is 0 Å². The van der Waals surface area contributed by atoms with Crippen LogP contribution in [0.1, 0.15) is 5.56 Å². The molecule has 0 bridgehead atoms. The third-order valence-electron chi connectivity index (χ3n) is 2.57. The number of aryl methyl sites for hydroxylation is 1. The standard InChI is InChI=1S/C12H10BrClF2N4/c1-5-2-6(13)10(3-7(5)14)18-11-8(15)4-9(16)12(19-11)20-17/h2-4H,17H2,1H3,(H2,18,19,20). The zero-order valence-electron chi connectivity index (χ0n) is 10.3. The average Bonchev–Trinajstić information content (AvgIpc) is 2.38. The van der Waals surface area contributed by atoms with Gasteiger partial charge in [-0.2, -0.15) is 0 Å². The molecular formula is C12H10BrClF2N4. The second kappa shape index (κ2) is 5.90. The van der Waals surface area contributed by atoms with Gasteiger partial charge in [0.05, 0.1) is 5.69 Å². The van der Waals surface area contributed by atoms with Crippen LogP contribution in [0.4, 0.5) is 26.1 Å². The van der Waals surface area contributed by atoms with Gasteiger partial charge in [-0.25, -0.2) is 19.6 Å². The Morgan fingerprint density at radius 2 is 1.85 bits per heavy atom. The highest BCUT2D eigenvalue weighted by atomic mass is 79.9. The molecule has 0 unspecified atom stereocenters. The van der Waals surface area contributed by atoms with E-state index in [1.807, 2.05) is 6.92 Å². The topological polar surface area (TPSA) is 63.0 Å². The number of nitrogens with one attached hydrogen (secondary N) is 2. The SMILES string of the molecule is Cc1cc(Br)c(Nc2nc(NN)c(F)cc2F)cc1Cl.